The molecular weight excluding hydrogens is 305 g/mol. The number of hydrogen-bond acceptors (Lipinski definition) is 2. The summed E-state index contributed by atoms with van der Waals surface area (Å²) < 4.78 is 18.6. The molecule has 2 aromatic carbocycles. The minimum atomic E-state index is -0.303. The summed E-state index contributed by atoms with van der Waals surface area (Å²) in [5.74, 6) is 0.277. The summed E-state index contributed by atoms with van der Waals surface area (Å²) in [5, 5.41) is 3.03. The summed E-state index contributed by atoms with van der Waals surface area (Å²) in [6, 6.07) is 17.5. The molecule has 0 aliphatic heterocycles. The number of aryl methyl sites for hydroxylation is 1. The van der Waals surface area contributed by atoms with Crippen molar-refractivity contribution in [3.63, 3.8) is 0 Å². The number of halogens is 1. The zero-order valence-corrected chi connectivity index (χ0v) is 13.0. The first kappa shape index (κ1) is 14.7. The van der Waals surface area contributed by atoms with Crippen LogP contribution in [-0.2, 0) is 6.42 Å². The van der Waals surface area contributed by atoms with Gasteiger partial charge in [0.25, 0.3) is 5.91 Å². The molecule has 24 heavy (non-hydrogen) atoms. The lowest BCUT2D eigenvalue weighted by Gasteiger charge is -2.12. The highest BCUT2D eigenvalue weighted by Gasteiger charge is 2.24. The quantitative estimate of drug-likeness (QED) is 0.771. The monoisotopic (exact) mass is 321 g/mol. The van der Waals surface area contributed by atoms with Crippen molar-refractivity contribution in [3.05, 3.63) is 83.4 Å². The summed E-state index contributed by atoms with van der Waals surface area (Å²) in [6.45, 7) is 0. The highest BCUT2D eigenvalue weighted by Crippen LogP contribution is 2.31. The molecule has 0 spiro atoms. The molecule has 1 aliphatic rings. The molecular formula is C20H16FNO2. The van der Waals surface area contributed by atoms with Gasteiger partial charge in [-0.25, -0.2) is 4.39 Å². The van der Waals surface area contributed by atoms with Crippen LogP contribution in [0.2, 0.25) is 0 Å². The van der Waals surface area contributed by atoms with Crippen molar-refractivity contribution in [1.29, 1.82) is 0 Å². The lowest BCUT2D eigenvalue weighted by Crippen LogP contribution is -2.26. The van der Waals surface area contributed by atoms with Crippen LogP contribution in [0.1, 0.15) is 34.1 Å². The van der Waals surface area contributed by atoms with E-state index in [4.69, 9.17) is 4.42 Å². The Morgan fingerprint density at radius 3 is 2.67 bits per heavy atom. The van der Waals surface area contributed by atoms with Gasteiger partial charge < -0.3 is 9.73 Å². The van der Waals surface area contributed by atoms with Gasteiger partial charge in [-0.05, 0) is 60.4 Å². The lowest BCUT2D eigenvalue weighted by molar-refractivity contribution is 0.0909. The van der Waals surface area contributed by atoms with E-state index in [1.807, 2.05) is 12.1 Å². The molecule has 0 saturated carbocycles. The third-order valence-electron chi connectivity index (χ3n) is 4.40. The lowest BCUT2D eigenvalue weighted by atomic mass is 10.1. The second-order valence-corrected chi connectivity index (χ2v) is 5.93. The molecule has 3 nitrogen and oxygen atoms in total. The van der Waals surface area contributed by atoms with Gasteiger partial charge in [0.1, 0.15) is 11.6 Å². The number of furan rings is 1. The molecule has 1 aromatic heterocycles. The van der Waals surface area contributed by atoms with E-state index in [9.17, 15) is 9.18 Å². The van der Waals surface area contributed by atoms with Crippen LogP contribution in [0.15, 0.2) is 65.1 Å². The third-order valence-corrected chi connectivity index (χ3v) is 4.40. The van der Waals surface area contributed by atoms with Crippen LogP contribution < -0.4 is 5.32 Å². The standard InChI is InChI=1S/C20H16FNO2/c21-15-8-5-14(6-9-15)18-11-12-19(24-18)20(23)22-17-10-7-13-3-1-2-4-16(13)17/h1-6,8-9,11-12,17H,7,10H2,(H,22,23). The van der Waals surface area contributed by atoms with Crippen molar-refractivity contribution in [3.8, 4) is 11.3 Å². The van der Waals surface area contributed by atoms with E-state index in [1.165, 1.54) is 23.3 Å². The van der Waals surface area contributed by atoms with Gasteiger partial charge in [0, 0.05) is 5.56 Å². The second kappa shape index (κ2) is 5.96. The maximum atomic E-state index is 13.0. The summed E-state index contributed by atoms with van der Waals surface area (Å²) in [7, 11) is 0. The van der Waals surface area contributed by atoms with Crippen LogP contribution in [0.4, 0.5) is 4.39 Å². The molecule has 0 saturated heterocycles. The molecule has 1 unspecified atom stereocenters. The molecule has 0 fully saturated rings. The minimum absolute atomic E-state index is 0.0214. The number of rotatable bonds is 3. The van der Waals surface area contributed by atoms with E-state index >= 15 is 0 Å². The Morgan fingerprint density at radius 2 is 1.83 bits per heavy atom. The molecule has 1 heterocycles. The van der Waals surface area contributed by atoms with Crippen molar-refractivity contribution < 1.29 is 13.6 Å². The third kappa shape index (κ3) is 2.71. The fourth-order valence-corrected chi connectivity index (χ4v) is 3.17. The Bertz CT molecular complexity index is 883. The second-order valence-electron chi connectivity index (χ2n) is 5.93. The average molecular weight is 321 g/mol. The fourth-order valence-electron chi connectivity index (χ4n) is 3.17. The predicted octanol–water partition coefficient (Wildman–Crippen LogP) is 4.50. The van der Waals surface area contributed by atoms with Crippen LogP contribution in [-0.4, -0.2) is 5.91 Å². The van der Waals surface area contributed by atoms with Gasteiger partial charge in [-0.2, -0.15) is 0 Å². The van der Waals surface area contributed by atoms with Gasteiger partial charge in [-0.15, -0.1) is 0 Å². The maximum absolute atomic E-state index is 13.0. The molecule has 0 radical (unpaired) electrons. The first-order valence-corrected chi connectivity index (χ1v) is 7.95. The number of amides is 1. The fraction of sp³-hybridized carbons (Fsp3) is 0.150. The Morgan fingerprint density at radius 1 is 1.04 bits per heavy atom. The van der Waals surface area contributed by atoms with Crippen LogP contribution in [0, 0.1) is 5.82 Å². The highest BCUT2D eigenvalue weighted by molar-refractivity contribution is 5.92. The molecule has 1 atom stereocenters. The number of fused-ring (bicyclic) bond motifs is 1. The zero-order chi connectivity index (χ0) is 16.5. The molecule has 3 aromatic rings. The van der Waals surface area contributed by atoms with E-state index < -0.39 is 0 Å². The SMILES string of the molecule is O=C(NC1CCc2ccccc21)c1ccc(-c2ccc(F)cc2)o1. The van der Waals surface area contributed by atoms with Crippen molar-refractivity contribution in [2.75, 3.05) is 0 Å². The number of hydrogen-bond donors (Lipinski definition) is 1. The molecule has 0 bridgehead atoms. The van der Waals surface area contributed by atoms with Crippen LogP contribution in [0.5, 0.6) is 0 Å². The summed E-state index contributed by atoms with van der Waals surface area (Å²) in [5.41, 5.74) is 3.20. The Hall–Kier alpha value is -2.88. The molecule has 1 aliphatic carbocycles. The number of nitrogens with one attached hydrogen (secondary N) is 1. The number of carbonyl (C=O) groups excluding carboxylic acids is 1. The smallest absolute Gasteiger partial charge is 0.287 e. The summed E-state index contributed by atoms with van der Waals surface area (Å²) in [4.78, 5) is 12.4. The Labute approximate surface area is 139 Å². The summed E-state index contributed by atoms with van der Waals surface area (Å²) in [6.07, 6.45) is 1.87. The van der Waals surface area contributed by atoms with Crippen LogP contribution in [0.3, 0.4) is 0 Å². The van der Waals surface area contributed by atoms with Gasteiger partial charge in [0.2, 0.25) is 0 Å². The van der Waals surface area contributed by atoms with Crippen LogP contribution >= 0.6 is 0 Å². The van der Waals surface area contributed by atoms with E-state index in [0.717, 1.165) is 18.4 Å². The van der Waals surface area contributed by atoms with Crippen molar-refractivity contribution >= 4 is 5.91 Å². The first-order valence-electron chi connectivity index (χ1n) is 7.95. The maximum Gasteiger partial charge on any atom is 0.287 e. The van der Waals surface area contributed by atoms with Gasteiger partial charge in [0.15, 0.2) is 5.76 Å². The molecule has 4 rings (SSSR count). The number of carbonyl (C=O) groups is 1. The highest BCUT2D eigenvalue weighted by atomic mass is 19.1. The zero-order valence-electron chi connectivity index (χ0n) is 13.0. The van der Waals surface area contributed by atoms with E-state index in [2.05, 4.69) is 17.4 Å². The van der Waals surface area contributed by atoms with Gasteiger partial charge in [-0.1, -0.05) is 24.3 Å². The molecule has 4 heteroatoms. The molecule has 120 valence electrons. The minimum Gasteiger partial charge on any atom is -0.451 e. The van der Waals surface area contributed by atoms with Crippen molar-refractivity contribution in [2.24, 2.45) is 0 Å². The average Bonchev–Trinajstić information content (AvgIpc) is 3.23. The van der Waals surface area contributed by atoms with Crippen molar-refractivity contribution in [2.45, 2.75) is 18.9 Å². The Kier molecular flexibility index (Phi) is 3.65. The Balaban J connectivity index is 1.51. The van der Waals surface area contributed by atoms with E-state index in [0.29, 0.717) is 5.76 Å². The predicted molar refractivity (Wildman–Crippen MR) is 89.1 cm³/mol. The van der Waals surface area contributed by atoms with E-state index in [1.54, 1.807) is 24.3 Å². The largest absolute Gasteiger partial charge is 0.451 e. The van der Waals surface area contributed by atoms with Gasteiger partial charge >= 0.3 is 0 Å². The van der Waals surface area contributed by atoms with Crippen LogP contribution in [0.25, 0.3) is 11.3 Å². The van der Waals surface area contributed by atoms with Crippen molar-refractivity contribution in [1.82, 2.24) is 5.32 Å². The van der Waals surface area contributed by atoms with Gasteiger partial charge in [-0.3, -0.25) is 4.79 Å². The normalized spacial score (nSPS) is 16.0. The topological polar surface area (TPSA) is 42.2 Å². The first-order chi connectivity index (χ1) is 11.7. The van der Waals surface area contributed by atoms with E-state index in [-0.39, 0.29) is 23.5 Å². The molecule has 1 amide bonds. The number of benzene rings is 2. The van der Waals surface area contributed by atoms with Gasteiger partial charge in [0.05, 0.1) is 6.04 Å². The summed E-state index contributed by atoms with van der Waals surface area (Å²) >= 11 is 0. The molecule has 1 N–H and O–H groups in total.